The number of aliphatic carboxylic acids is 1. The number of thioether (sulfide) groups is 1. The maximum absolute atomic E-state index is 10.2. The van der Waals surface area contributed by atoms with Crippen LogP contribution in [0.3, 0.4) is 0 Å². The highest BCUT2D eigenvalue weighted by molar-refractivity contribution is 7.99. The molecule has 0 spiro atoms. The van der Waals surface area contributed by atoms with Crippen LogP contribution in [0, 0.1) is 6.92 Å². The Morgan fingerprint density at radius 3 is 2.85 bits per heavy atom. The van der Waals surface area contributed by atoms with Gasteiger partial charge in [-0.1, -0.05) is 11.8 Å². The van der Waals surface area contributed by atoms with Crippen molar-refractivity contribution in [3.05, 3.63) is 5.82 Å². The minimum atomic E-state index is -0.827. The van der Waals surface area contributed by atoms with Gasteiger partial charge in [-0.25, -0.2) is 4.68 Å². The summed E-state index contributed by atoms with van der Waals surface area (Å²) in [6, 6.07) is 0. The van der Waals surface area contributed by atoms with Crippen LogP contribution in [-0.4, -0.2) is 31.7 Å². The zero-order valence-electron chi connectivity index (χ0n) is 7.10. The Bertz CT molecular complexity index is 312. The molecule has 0 aromatic carbocycles. The van der Waals surface area contributed by atoms with Crippen molar-refractivity contribution in [1.29, 1.82) is 0 Å². The van der Waals surface area contributed by atoms with Crippen LogP contribution < -0.4 is 5.84 Å². The average molecular weight is 202 g/mol. The maximum atomic E-state index is 10.2. The number of nitrogens with two attached hydrogens (primary N) is 1. The van der Waals surface area contributed by atoms with Gasteiger partial charge in [-0.3, -0.25) is 4.79 Å². The van der Waals surface area contributed by atoms with Crippen LogP contribution in [0.2, 0.25) is 0 Å². The van der Waals surface area contributed by atoms with E-state index in [1.807, 2.05) is 0 Å². The fraction of sp³-hybridized carbons (Fsp3) is 0.500. The molecule has 13 heavy (non-hydrogen) atoms. The molecule has 0 saturated heterocycles. The molecule has 0 atom stereocenters. The number of hydrogen-bond donors (Lipinski definition) is 2. The molecule has 0 unspecified atom stereocenters. The molecule has 0 bridgehead atoms. The fourth-order valence-electron chi connectivity index (χ4n) is 0.678. The molecule has 0 saturated carbocycles. The molecule has 3 N–H and O–H groups in total. The largest absolute Gasteiger partial charge is 0.481 e. The Kier molecular flexibility index (Phi) is 3.13. The van der Waals surface area contributed by atoms with Crippen molar-refractivity contribution in [2.24, 2.45) is 0 Å². The third-order valence-electron chi connectivity index (χ3n) is 1.38. The van der Waals surface area contributed by atoms with Crippen LogP contribution in [0.5, 0.6) is 0 Å². The second kappa shape index (κ2) is 4.13. The fourth-order valence-corrected chi connectivity index (χ4v) is 1.51. The first-order chi connectivity index (χ1) is 6.11. The molecule has 0 aliphatic heterocycles. The lowest BCUT2D eigenvalue weighted by atomic mass is 10.5. The third kappa shape index (κ3) is 2.62. The Labute approximate surface area is 79.1 Å². The summed E-state index contributed by atoms with van der Waals surface area (Å²) in [4.78, 5) is 10.2. The Balaban J connectivity index is 2.45. The van der Waals surface area contributed by atoms with E-state index in [-0.39, 0.29) is 6.42 Å². The molecule has 72 valence electrons. The van der Waals surface area contributed by atoms with Crippen molar-refractivity contribution in [2.75, 3.05) is 11.6 Å². The van der Waals surface area contributed by atoms with Crippen LogP contribution in [0.25, 0.3) is 0 Å². The summed E-state index contributed by atoms with van der Waals surface area (Å²) in [7, 11) is 0. The van der Waals surface area contributed by atoms with E-state index in [1.54, 1.807) is 6.92 Å². The highest BCUT2D eigenvalue weighted by Crippen LogP contribution is 2.14. The van der Waals surface area contributed by atoms with Crippen LogP contribution >= 0.6 is 11.8 Å². The van der Waals surface area contributed by atoms with Crippen LogP contribution in [0.15, 0.2) is 5.16 Å². The van der Waals surface area contributed by atoms with Gasteiger partial charge in [0.05, 0.1) is 6.42 Å². The van der Waals surface area contributed by atoms with E-state index in [4.69, 9.17) is 10.9 Å². The minimum Gasteiger partial charge on any atom is -0.481 e. The van der Waals surface area contributed by atoms with Gasteiger partial charge >= 0.3 is 5.97 Å². The quantitative estimate of drug-likeness (QED) is 0.521. The number of nitrogens with zero attached hydrogens (tertiary/aromatic N) is 3. The second-order valence-corrected chi connectivity index (χ2v) is 3.45. The first-order valence-corrected chi connectivity index (χ1v) is 4.61. The number of hydrogen-bond acceptors (Lipinski definition) is 5. The van der Waals surface area contributed by atoms with Gasteiger partial charge in [-0.15, -0.1) is 10.2 Å². The summed E-state index contributed by atoms with van der Waals surface area (Å²) in [6.45, 7) is 1.73. The molecular weight excluding hydrogens is 192 g/mol. The molecule has 0 radical (unpaired) electrons. The summed E-state index contributed by atoms with van der Waals surface area (Å²) in [5, 5.41) is 16.4. The van der Waals surface area contributed by atoms with Gasteiger partial charge in [-0.2, -0.15) is 0 Å². The zero-order valence-corrected chi connectivity index (χ0v) is 7.91. The number of carbonyl (C=O) groups is 1. The van der Waals surface area contributed by atoms with Crippen LogP contribution in [0.1, 0.15) is 12.2 Å². The van der Waals surface area contributed by atoms with Crippen molar-refractivity contribution in [1.82, 2.24) is 14.9 Å². The molecule has 1 rings (SSSR count). The summed E-state index contributed by atoms with van der Waals surface area (Å²) in [6.07, 6.45) is 0.0938. The Hall–Kier alpha value is -1.24. The number of aromatic nitrogens is 3. The van der Waals surface area contributed by atoms with Crippen molar-refractivity contribution >= 4 is 17.7 Å². The molecule has 6 nitrogen and oxygen atoms in total. The lowest BCUT2D eigenvalue weighted by Gasteiger charge is -1.98. The summed E-state index contributed by atoms with van der Waals surface area (Å²) in [5.41, 5.74) is 0. The van der Waals surface area contributed by atoms with Gasteiger partial charge in [0, 0.05) is 5.75 Å². The van der Waals surface area contributed by atoms with E-state index in [0.717, 1.165) is 0 Å². The zero-order chi connectivity index (χ0) is 9.84. The normalized spacial score (nSPS) is 10.2. The first-order valence-electron chi connectivity index (χ1n) is 3.63. The Morgan fingerprint density at radius 2 is 2.38 bits per heavy atom. The number of carboxylic acids is 1. The highest BCUT2D eigenvalue weighted by atomic mass is 32.2. The lowest BCUT2D eigenvalue weighted by Crippen LogP contribution is -2.11. The van der Waals surface area contributed by atoms with Gasteiger partial charge < -0.3 is 10.9 Å². The predicted octanol–water partition coefficient (Wildman–Crippen LogP) is -0.133. The van der Waals surface area contributed by atoms with Gasteiger partial charge in [0.15, 0.2) is 0 Å². The van der Waals surface area contributed by atoms with E-state index >= 15 is 0 Å². The smallest absolute Gasteiger partial charge is 0.304 e. The summed E-state index contributed by atoms with van der Waals surface area (Å²) >= 11 is 1.28. The van der Waals surface area contributed by atoms with Crippen LogP contribution in [-0.2, 0) is 4.79 Å². The van der Waals surface area contributed by atoms with Gasteiger partial charge in [-0.05, 0) is 6.92 Å². The predicted molar refractivity (Wildman–Crippen MR) is 47.9 cm³/mol. The van der Waals surface area contributed by atoms with Gasteiger partial charge in [0.1, 0.15) is 5.82 Å². The average Bonchev–Trinajstić information content (AvgIpc) is 2.35. The van der Waals surface area contributed by atoms with E-state index in [9.17, 15) is 4.79 Å². The standard InChI is InChI=1S/C6H10N4O2S/c1-4-8-9-6(10(4)7)13-3-2-5(11)12/h2-3,7H2,1H3,(H,11,12). The van der Waals surface area contributed by atoms with Crippen molar-refractivity contribution < 1.29 is 9.90 Å². The molecule has 0 fully saturated rings. The topological polar surface area (TPSA) is 94.0 Å². The summed E-state index contributed by atoms with van der Waals surface area (Å²) in [5.74, 6) is 5.77. The molecule has 7 heteroatoms. The number of aryl methyl sites for hydroxylation is 1. The molecule has 1 heterocycles. The molecular formula is C6H10N4O2S. The van der Waals surface area contributed by atoms with E-state index in [2.05, 4.69) is 10.2 Å². The van der Waals surface area contributed by atoms with E-state index < -0.39 is 5.97 Å². The molecule has 1 aromatic heterocycles. The second-order valence-electron chi connectivity index (χ2n) is 2.39. The minimum absolute atomic E-state index is 0.0938. The van der Waals surface area contributed by atoms with Crippen LogP contribution in [0.4, 0.5) is 0 Å². The number of rotatable bonds is 4. The van der Waals surface area contributed by atoms with E-state index in [0.29, 0.717) is 16.7 Å². The van der Waals surface area contributed by atoms with E-state index in [1.165, 1.54) is 16.4 Å². The monoisotopic (exact) mass is 202 g/mol. The molecule has 0 amide bonds. The van der Waals surface area contributed by atoms with Crippen molar-refractivity contribution in [2.45, 2.75) is 18.5 Å². The number of carboxylic acid groups (broad SMARTS) is 1. The molecule has 1 aromatic rings. The highest BCUT2D eigenvalue weighted by Gasteiger charge is 2.06. The molecule has 0 aliphatic carbocycles. The lowest BCUT2D eigenvalue weighted by molar-refractivity contribution is -0.136. The number of nitrogen functional groups attached to an aromatic ring is 1. The first kappa shape index (κ1) is 9.85. The van der Waals surface area contributed by atoms with Crippen molar-refractivity contribution in [3.63, 3.8) is 0 Å². The maximum Gasteiger partial charge on any atom is 0.304 e. The third-order valence-corrected chi connectivity index (χ3v) is 2.33. The van der Waals surface area contributed by atoms with Gasteiger partial charge in [0.25, 0.3) is 0 Å². The summed E-state index contributed by atoms with van der Waals surface area (Å²) < 4.78 is 1.34. The Morgan fingerprint density at radius 1 is 1.69 bits per heavy atom. The van der Waals surface area contributed by atoms with Crippen molar-refractivity contribution in [3.8, 4) is 0 Å². The SMILES string of the molecule is Cc1nnc(SCCC(=O)O)n1N. The molecule has 0 aliphatic rings. The van der Waals surface area contributed by atoms with Gasteiger partial charge in [0.2, 0.25) is 5.16 Å².